The lowest BCUT2D eigenvalue weighted by Gasteiger charge is -2.21. The van der Waals surface area contributed by atoms with Crippen LogP contribution in [0.15, 0.2) is 24.3 Å². The van der Waals surface area contributed by atoms with Gasteiger partial charge in [0.1, 0.15) is 5.82 Å². The number of benzene rings is 1. The molecule has 0 saturated heterocycles. The Labute approximate surface area is 113 Å². The van der Waals surface area contributed by atoms with Gasteiger partial charge in [-0.15, -0.1) is 0 Å². The number of fused-ring (bicyclic) bond motifs is 1. The van der Waals surface area contributed by atoms with Gasteiger partial charge in [0, 0.05) is 17.4 Å². The molecule has 100 valence electrons. The minimum atomic E-state index is -0.175. The van der Waals surface area contributed by atoms with E-state index in [4.69, 9.17) is 5.73 Å². The van der Waals surface area contributed by atoms with Crippen LogP contribution >= 0.6 is 0 Å². The quantitative estimate of drug-likeness (QED) is 0.833. The van der Waals surface area contributed by atoms with Crippen LogP contribution in [0, 0.1) is 19.7 Å². The van der Waals surface area contributed by atoms with Crippen molar-refractivity contribution >= 4 is 0 Å². The second-order valence-corrected chi connectivity index (χ2v) is 5.48. The number of hydrogen-bond acceptors (Lipinski definition) is 1. The molecule has 0 amide bonds. The van der Waals surface area contributed by atoms with Crippen molar-refractivity contribution in [1.82, 2.24) is 4.57 Å². The Hall–Kier alpha value is -1.61. The Kier molecular flexibility index (Phi) is 2.94. The highest BCUT2D eigenvalue weighted by molar-refractivity contribution is 5.45. The highest BCUT2D eigenvalue weighted by Gasteiger charge is 2.23. The Balaban J connectivity index is 2.23. The molecule has 3 heteroatoms. The van der Waals surface area contributed by atoms with Gasteiger partial charge in [-0.1, -0.05) is 6.07 Å². The lowest BCUT2D eigenvalue weighted by molar-refractivity contribution is 0.555. The second kappa shape index (κ2) is 4.49. The van der Waals surface area contributed by atoms with Gasteiger partial charge in [0.25, 0.3) is 0 Å². The van der Waals surface area contributed by atoms with Crippen LogP contribution in [0.2, 0.25) is 0 Å². The molecule has 2 nitrogen and oxygen atoms in total. The van der Waals surface area contributed by atoms with Gasteiger partial charge in [0.15, 0.2) is 0 Å². The minimum absolute atomic E-state index is 0.0940. The van der Waals surface area contributed by atoms with Crippen molar-refractivity contribution in [3.63, 3.8) is 0 Å². The van der Waals surface area contributed by atoms with E-state index >= 15 is 0 Å². The number of hydrogen-bond donors (Lipinski definition) is 1. The van der Waals surface area contributed by atoms with Crippen LogP contribution in [0.5, 0.6) is 0 Å². The van der Waals surface area contributed by atoms with Gasteiger partial charge in [0.05, 0.1) is 5.69 Å². The third kappa shape index (κ3) is 1.98. The number of rotatable bonds is 1. The highest BCUT2D eigenvalue weighted by atomic mass is 19.1. The summed E-state index contributed by atoms with van der Waals surface area (Å²) in [4.78, 5) is 0. The van der Waals surface area contributed by atoms with Gasteiger partial charge in [0.2, 0.25) is 0 Å². The summed E-state index contributed by atoms with van der Waals surface area (Å²) in [6, 6.07) is 7.45. The fourth-order valence-corrected chi connectivity index (χ4v) is 3.07. The van der Waals surface area contributed by atoms with E-state index in [1.807, 2.05) is 24.5 Å². The number of aryl methyl sites for hydroxylation is 2. The Morgan fingerprint density at radius 2 is 2.05 bits per heavy atom. The molecule has 3 rings (SSSR count). The first kappa shape index (κ1) is 12.4. The van der Waals surface area contributed by atoms with Crippen molar-refractivity contribution in [2.45, 2.75) is 39.2 Å². The van der Waals surface area contributed by atoms with Crippen molar-refractivity contribution < 1.29 is 4.39 Å². The van der Waals surface area contributed by atoms with E-state index < -0.39 is 0 Å². The molecular weight excluding hydrogens is 239 g/mol. The summed E-state index contributed by atoms with van der Waals surface area (Å²) in [7, 11) is 0. The van der Waals surface area contributed by atoms with E-state index in [1.54, 1.807) is 12.1 Å². The zero-order valence-electron chi connectivity index (χ0n) is 11.4. The normalized spacial score (nSPS) is 18.4. The summed E-state index contributed by atoms with van der Waals surface area (Å²) in [5, 5.41) is 0. The van der Waals surface area contributed by atoms with Gasteiger partial charge in [-0.25, -0.2) is 4.39 Å². The zero-order chi connectivity index (χ0) is 13.6. The van der Waals surface area contributed by atoms with Crippen molar-refractivity contribution in [3.05, 3.63) is 52.6 Å². The zero-order valence-corrected chi connectivity index (χ0v) is 11.4. The maximum absolute atomic E-state index is 14.1. The summed E-state index contributed by atoms with van der Waals surface area (Å²) < 4.78 is 16.2. The molecule has 0 fully saturated rings. The van der Waals surface area contributed by atoms with Crippen LogP contribution in [0.4, 0.5) is 4.39 Å². The summed E-state index contributed by atoms with van der Waals surface area (Å²) >= 11 is 0. The van der Waals surface area contributed by atoms with E-state index in [0.29, 0.717) is 5.69 Å². The molecule has 0 spiro atoms. The smallest absolute Gasteiger partial charge is 0.147 e. The molecule has 2 N–H and O–H groups in total. The molecule has 0 aliphatic heterocycles. The molecule has 1 aliphatic carbocycles. The fraction of sp³-hybridized carbons (Fsp3) is 0.375. The molecule has 0 saturated carbocycles. The summed E-state index contributed by atoms with van der Waals surface area (Å²) in [5.41, 5.74) is 11.3. The number of halogens is 1. The first-order valence-electron chi connectivity index (χ1n) is 6.81. The summed E-state index contributed by atoms with van der Waals surface area (Å²) in [6.45, 7) is 4.01. The monoisotopic (exact) mass is 258 g/mol. The Bertz CT molecular complexity index is 628. The van der Waals surface area contributed by atoms with Gasteiger partial charge in [-0.3, -0.25) is 0 Å². The topological polar surface area (TPSA) is 30.9 Å². The van der Waals surface area contributed by atoms with Gasteiger partial charge < -0.3 is 10.3 Å². The highest BCUT2D eigenvalue weighted by Crippen LogP contribution is 2.33. The SMILES string of the molecule is Cc1ccc(F)c(-n2c(C)cc3c2CCCC3N)c1. The Morgan fingerprint density at radius 3 is 2.84 bits per heavy atom. The lowest BCUT2D eigenvalue weighted by Crippen LogP contribution is -2.18. The molecule has 1 heterocycles. The van der Waals surface area contributed by atoms with Gasteiger partial charge >= 0.3 is 0 Å². The molecule has 1 aromatic heterocycles. The van der Waals surface area contributed by atoms with Crippen LogP contribution in [0.25, 0.3) is 5.69 Å². The Morgan fingerprint density at radius 1 is 1.26 bits per heavy atom. The molecule has 1 aromatic carbocycles. The average molecular weight is 258 g/mol. The largest absolute Gasteiger partial charge is 0.324 e. The maximum Gasteiger partial charge on any atom is 0.147 e. The van der Waals surface area contributed by atoms with Crippen LogP contribution < -0.4 is 5.73 Å². The van der Waals surface area contributed by atoms with E-state index in [0.717, 1.165) is 30.5 Å². The third-order valence-corrected chi connectivity index (χ3v) is 3.99. The van der Waals surface area contributed by atoms with Crippen LogP contribution in [-0.2, 0) is 6.42 Å². The van der Waals surface area contributed by atoms with E-state index in [9.17, 15) is 4.39 Å². The van der Waals surface area contributed by atoms with E-state index in [1.165, 1.54) is 11.3 Å². The molecule has 1 atom stereocenters. The number of nitrogens with zero attached hydrogens (tertiary/aromatic N) is 1. The second-order valence-electron chi connectivity index (χ2n) is 5.48. The lowest BCUT2D eigenvalue weighted by atomic mass is 9.93. The van der Waals surface area contributed by atoms with Gasteiger partial charge in [-0.05, 0) is 62.4 Å². The molecular formula is C16H19FN2. The molecule has 0 radical (unpaired) electrons. The van der Waals surface area contributed by atoms with E-state index in [2.05, 4.69) is 6.07 Å². The van der Waals surface area contributed by atoms with Crippen LogP contribution in [0.1, 0.15) is 41.4 Å². The van der Waals surface area contributed by atoms with E-state index in [-0.39, 0.29) is 11.9 Å². The maximum atomic E-state index is 14.1. The number of nitrogens with two attached hydrogens (primary N) is 1. The molecule has 0 bridgehead atoms. The molecule has 1 aliphatic rings. The summed E-state index contributed by atoms with van der Waals surface area (Å²) in [5.74, 6) is -0.175. The molecule has 1 unspecified atom stereocenters. The predicted octanol–water partition coefficient (Wildman–Crippen LogP) is 3.57. The van der Waals surface area contributed by atoms with Crippen molar-refractivity contribution in [3.8, 4) is 5.69 Å². The average Bonchev–Trinajstić information content (AvgIpc) is 2.70. The van der Waals surface area contributed by atoms with Crippen LogP contribution in [-0.4, -0.2) is 4.57 Å². The first-order chi connectivity index (χ1) is 9.08. The first-order valence-corrected chi connectivity index (χ1v) is 6.81. The summed E-state index contributed by atoms with van der Waals surface area (Å²) in [6.07, 6.45) is 3.07. The van der Waals surface area contributed by atoms with Gasteiger partial charge in [-0.2, -0.15) is 0 Å². The number of aromatic nitrogens is 1. The van der Waals surface area contributed by atoms with Crippen LogP contribution in [0.3, 0.4) is 0 Å². The fourth-order valence-electron chi connectivity index (χ4n) is 3.07. The van der Waals surface area contributed by atoms with Crippen molar-refractivity contribution in [2.75, 3.05) is 0 Å². The molecule has 2 aromatic rings. The molecule has 19 heavy (non-hydrogen) atoms. The standard InChI is InChI=1S/C16H19FN2/c1-10-6-7-13(17)16(8-10)19-11(2)9-12-14(18)4-3-5-15(12)19/h6-9,14H,3-5,18H2,1-2H3. The minimum Gasteiger partial charge on any atom is -0.324 e. The predicted molar refractivity (Wildman–Crippen MR) is 75.1 cm³/mol. The third-order valence-electron chi connectivity index (χ3n) is 3.99. The van der Waals surface area contributed by atoms with Crippen molar-refractivity contribution in [1.29, 1.82) is 0 Å². The van der Waals surface area contributed by atoms with Crippen molar-refractivity contribution in [2.24, 2.45) is 5.73 Å².